The summed E-state index contributed by atoms with van der Waals surface area (Å²) in [5.74, 6) is -0.235. The quantitative estimate of drug-likeness (QED) is 0.843. The van der Waals surface area contributed by atoms with E-state index < -0.39 is 0 Å². The number of nitrogens with zero attached hydrogens (tertiary/aromatic N) is 2. The Labute approximate surface area is 136 Å². The summed E-state index contributed by atoms with van der Waals surface area (Å²) in [4.78, 5) is 11.9. The average Bonchev–Trinajstić information content (AvgIpc) is 2.90. The van der Waals surface area contributed by atoms with Gasteiger partial charge in [-0.05, 0) is 31.0 Å². The predicted octanol–water partition coefficient (Wildman–Crippen LogP) is 3.25. The van der Waals surface area contributed by atoms with Gasteiger partial charge in [0.05, 0.1) is 0 Å². The van der Waals surface area contributed by atoms with Crippen molar-refractivity contribution in [1.29, 1.82) is 0 Å². The van der Waals surface area contributed by atoms with Crippen molar-refractivity contribution in [3.05, 3.63) is 38.8 Å². The Balaban J connectivity index is 1.86. The summed E-state index contributed by atoms with van der Waals surface area (Å²) < 4.78 is 0. The lowest BCUT2D eigenvalue weighted by Crippen LogP contribution is -2.25. The second kappa shape index (κ2) is 7.59. The molecule has 0 bridgehead atoms. The van der Waals surface area contributed by atoms with Crippen LogP contribution in [-0.2, 0) is 6.42 Å². The first kappa shape index (κ1) is 16.0. The Morgan fingerprint density at radius 2 is 2.14 bits per heavy atom. The van der Waals surface area contributed by atoms with Gasteiger partial charge in [0.15, 0.2) is 0 Å². The highest BCUT2D eigenvalue weighted by Crippen LogP contribution is 2.21. The Morgan fingerprint density at radius 1 is 1.33 bits per heavy atom. The zero-order valence-electron chi connectivity index (χ0n) is 11.3. The van der Waals surface area contributed by atoms with Crippen LogP contribution in [0.1, 0.15) is 22.3 Å². The van der Waals surface area contributed by atoms with E-state index in [4.69, 9.17) is 23.2 Å². The summed E-state index contributed by atoms with van der Waals surface area (Å²) >= 11 is 13.1. The third-order valence-corrected chi connectivity index (χ3v) is 4.11. The third kappa shape index (κ3) is 4.56. The molecule has 0 fully saturated rings. The van der Waals surface area contributed by atoms with Gasteiger partial charge < -0.3 is 10.6 Å². The van der Waals surface area contributed by atoms with Crippen molar-refractivity contribution < 1.29 is 4.79 Å². The van der Waals surface area contributed by atoms with E-state index in [1.54, 1.807) is 12.1 Å². The maximum atomic E-state index is 11.9. The molecule has 112 valence electrons. The number of amides is 1. The van der Waals surface area contributed by atoms with Crippen molar-refractivity contribution >= 4 is 45.6 Å². The fourth-order valence-corrected chi connectivity index (χ4v) is 2.88. The molecule has 2 aromatic rings. The van der Waals surface area contributed by atoms with Crippen molar-refractivity contribution in [1.82, 2.24) is 15.5 Å². The number of carbonyl (C=O) groups is 1. The van der Waals surface area contributed by atoms with Crippen LogP contribution in [0.3, 0.4) is 0 Å². The molecule has 1 amide bonds. The summed E-state index contributed by atoms with van der Waals surface area (Å²) in [5, 5.41) is 15.7. The number of halogens is 2. The predicted molar refractivity (Wildman–Crippen MR) is 86.6 cm³/mol. The lowest BCUT2D eigenvalue weighted by molar-refractivity contribution is 0.0953. The standard InChI is InChI=1S/C13H14Cl2N4OS/c1-2-16-13-19-18-12(21-13)11(20)17-6-5-8-3-4-9(14)7-10(8)15/h3-4,7H,2,5-6H2,1H3,(H,16,19)(H,17,20). The average molecular weight is 345 g/mol. The van der Waals surface area contributed by atoms with E-state index in [1.165, 1.54) is 11.3 Å². The first-order valence-electron chi connectivity index (χ1n) is 6.39. The van der Waals surface area contributed by atoms with Crippen LogP contribution in [0.5, 0.6) is 0 Å². The molecule has 0 unspecified atom stereocenters. The molecular weight excluding hydrogens is 331 g/mol. The third-order valence-electron chi connectivity index (χ3n) is 2.64. The van der Waals surface area contributed by atoms with E-state index in [2.05, 4.69) is 20.8 Å². The molecule has 0 aliphatic carbocycles. The first-order chi connectivity index (χ1) is 10.1. The molecule has 1 aromatic carbocycles. The molecule has 1 aromatic heterocycles. The molecule has 0 radical (unpaired) electrons. The fraction of sp³-hybridized carbons (Fsp3) is 0.308. The van der Waals surface area contributed by atoms with Crippen molar-refractivity contribution in [2.24, 2.45) is 0 Å². The molecule has 2 N–H and O–H groups in total. The zero-order valence-corrected chi connectivity index (χ0v) is 13.6. The smallest absolute Gasteiger partial charge is 0.282 e. The van der Waals surface area contributed by atoms with Crippen molar-refractivity contribution in [3.63, 3.8) is 0 Å². The Bertz CT molecular complexity index is 632. The topological polar surface area (TPSA) is 66.9 Å². The zero-order chi connectivity index (χ0) is 15.2. The van der Waals surface area contributed by atoms with Crippen molar-refractivity contribution in [2.75, 3.05) is 18.4 Å². The maximum Gasteiger partial charge on any atom is 0.282 e. The minimum atomic E-state index is -0.235. The van der Waals surface area contributed by atoms with Gasteiger partial charge in [0.2, 0.25) is 10.1 Å². The monoisotopic (exact) mass is 344 g/mol. The number of aromatic nitrogens is 2. The summed E-state index contributed by atoms with van der Waals surface area (Å²) in [6.07, 6.45) is 0.626. The van der Waals surface area contributed by atoms with Gasteiger partial charge in [-0.1, -0.05) is 40.6 Å². The molecular formula is C13H14Cl2N4OS. The van der Waals surface area contributed by atoms with Gasteiger partial charge in [0.1, 0.15) is 0 Å². The van der Waals surface area contributed by atoms with Crippen LogP contribution < -0.4 is 10.6 Å². The number of rotatable bonds is 6. The molecule has 2 rings (SSSR count). The van der Waals surface area contributed by atoms with E-state index in [-0.39, 0.29) is 5.91 Å². The first-order valence-corrected chi connectivity index (χ1v) is 7.97. The number of carbonyl (C=O) groups excluding carboxylic acids is 1. The van der Waals surface area contributed by atoms with Crippen LogP contribution in [0.4, 0.5) is 5.13 Å². The second-order valence-corrected chi connectivity index (χ2v) is 6.01. The molecule has 0 spiro atoms. The SMILES string of the molecule is CCNc1nnc(C(=O)NCCc2ccc(Cl)cc2Cl)s1. The van der Waals surface area contributed by atoms with Gasteiger partial charge in [-0.15, -0.1) is 10.2 Å². The molecule has 8 heteroatoms. The van der Waals surface area contributed by atoms with Gasteiger partial charge >= 0.3 is 0 Å². The number of anilines is 1. The highest BCUT2D eigenvalue weighted by molar-refractivity contribution is 7.17. The van der Waals surface area contributed by atoms with Gasteiger partial charge in [-0.3, -0.25) is 4.79 Å². The fourth-order valence-electron chi connectivity index (χ4n) is 1.65. The maximum absolute atomic E-state index is 11.9. The molecule has 5 nitrogen and oxygen atoms in total. The number of nitrogens with one attached hydrogen (secondary N) is 2. The van der Waals surface area contributed by atoms with E-state index in [0.717, 1.165) is 12.1 Å². The molecule has 0 aliphatic heterocycles. The van der Waals surface area contributed by atoms with E-state index in [0.29, 0.717) is 33.2 Å². The van der Waals surface area contributed by atoms with Gasteiger partial charge in [-0.25, -0.2) is 0 Å². The molecule has 0 saturated carbocycles. The Hall–Kier alpha value is -1.37. The van der Waals surface area contributed by atoms with E-state index >= 15 is 0 Å². The van der Waals surface area contributed by atoms with Crippen LogP contribution in [-0.4, -0.2) is 29.2 Å². The van der Waals surface area contributed by atoms with Gasteiger partial charge in [0.25, 0.3) is 5.91 Å². The summed E-state index contributed by atoms with van der Waals surface area (Å²) in [5.41, 5.74) is 0.937. The van der Waals surface area contributed by atoms with Crippen molar-refractivity contribution in [3.8, 4) is 0 Å². The lowest BCUT2D eigenvalue weighted by Gasteiger charge is -2.05. The summed E-state index contributed by atoms with van der Waals surface area (Å²) in [7, 11) is 0. The largest absolute Gasteiger partial charge is 0.360 e. The number of hydrogen-bond donors (Lipinski definition) is 2. The Kier molecular flexibility index (Phi) is 5.78. The molecule has 0 saturated heterocycles. The van der Waals surface area contributed by atoms with Crippen LogP contribution in [0.2, 0.25) is 10.0 Å². The van der Waals surface area contributed by atoms with Gasteiger partial charge in [-0.2, -0.15) is 0 Å². The minimum absolute atomic E-state index is 0.235. The number of hydrogen-bond acceptors (Lipinski definition) is 5. The van der Waals surface area contributed by atoms with Crippen LogP contribution in [0.25, 0.3) is 0 Å². The minimum Gasteiger partial charge on any atom is -0.360 e. The van der Waals surface area contributed by atoms with E-state index in [9.17, 15) is 4.79 Å². The van der Waals surface area contributed by atoms with Gasteiger partial charge in [0, 0.05) is 23.1 Å². The highest BCUT2D eigenvalue weighted by atomic mass is 35.5. The number of benzene rings is 1. The second-order valence-electron chi connectivity index (χ2n) is 4.18. The molecule has 21 heavy (non-hydrogen) atoms. The Morgan fingerprint density at radius 3 is 2.86 bits per heavy atom. The molecule has 1 heterocycles. The summed E-state index contributed by atoms with van der Waals surface area (Å²) in [6, 6.07) is 5.32. The van der Waals surface area contributed by atoms with Crippen molar-refractivity contribution in [2.45, 2.75) is 13.3 Å². The summed E-state index contributed by atoms with van der Waals surface area (Å²) in [6.45, 7) is 3.17. The van der Waals surface area contributed by atoms with E-state index in [1.807, 2.05) is 13.0 Å². The van der Waals surface area contributed by atoms with Crippen LogP contribution >= 0.6 is 34.5 Å². The molecule has 0 aliphatic rings. The lowest BCUT2D eigenvalue weighted by atomic mass is 10.1. The normalized spacial score (nSPS) is 10.4. The van der Waals surface area contributed by atoms with Crippen LogP contribution in [0.15, 0.2) is 18.2 Å². The van der Waals surface area contributed by atoms with Crippen LogP contribution in [0, 0.1) is 0 Å². The molecule has 0 atom stereocenters. The highest BCUT2D eigenvalue weighted by Gasteiger charge is 2.12.